The highest BCUT2D eigenvalue weighted by atomic mass is 16.5. The molecule has 0 unspecified atom stereocenters. The first-order chi connectivity index (χ1) is 13.8. The van der Waals surface area contributed by atoms with Crippen molar-refractivity contribution < 1.29 is 4.74 Å². The van der Waals surface area contributed by atoms with Crippen LogP contribution in [0.4, 0.5) is 0 Å². The average molecular weight is 371 g/mol. The highest BCUT2D eigenvalue weighted by Crippen LogP contribution is 2.35. The molecule has 28 heavy (non-hydrogen) atoms. The summed E-state index contributed by atoms with van der Waals surface area (Å²) in [6.45, 7) is 1.67. The first-order valence-corrected chi connectivity index (χ1v) is 9.42. The number of benzene rings is 1. The molecule has 0 saturated heterocycles. The SMILES string of the molecule is COc1nc2ccccc2cc1CN1CCc2[nH]cnc2[C@H]1c1ccncc1. The molecular weight excluding hydrogens is 350 g/mol. The van der Waals surface area contributed by atoms with Crippen molar-refractivity contribution in [3.8, 4) is 5.88 Å². The molecule has 3 aromatic heterocycles. The van der Waals surface area contributed by atoms with E-state index in [2.05, 4.69) is 44.1 Å². The highest BCUT2D eigenvalue weighted by molar-refractivity contribution is 5.80. The van der Waals surface area contributed by atoms with E-state index in [0.29, 0.717) is 5.88 Å². The van der Waals surface area contributed by atoms with Crippen molar-refractivity contribution in [3.05, 3.63) is 83.7 Å². The number of imidazole rings is 1. The van der Waals surface area contributed by atoms with E-state index >= 15 is 0 Å². The second-order valence-electron chi connectivity index (χ2n) is 7.02. The number of H-pyrrole nitrogens is 1. The molecule has 6 heteroatoms. The summed E-state index contributed by atoms with van der Waals surface area (Å²) in [5.74, 6) is 0.681. The standard InChI is InChI=1S/C22H21N5O/c1-28-22-17(12-16-4-2-3-5-18(16)26-22)13-27-11-8-19-20(25-14-24-19)21(27)15-6-9-23-10-7-15/h2-7,9-10,12,14,21H,8,11,13H2,1H3,(H,24,25)/t21-/m1/s1. The fraction of sp³-hybridized carbons (Fsp3) is 0.227. The monoisotopic (exact) mass is 371 g/mol. The van der Waals surface area contributed by atoms with Crippen LogP contribution in [0.3, 0.4) is 0 Å². The van der Waals surface area contributed by atoms with Gasteiger partial charge in [-0.15, -0.1) is 0 Å². The van der Waals surface area contributed by atoms with Crippen molar-refractivity contribution in [2.75, 3.05) is 13.7 Å². The second kappa shape index (κ2) is 7.05. The third kappa shape index (κ3) is 2.92. The van der Waals surface area contributed by atoms with Gasteiger partial charge in [-0.05, 0) is 29.8 Å². The average Bonchev–Trinajstić information content (AvgIpc) is 3.22. The molecule has 0 bridgehead atoms. The van der Waals surface area contributed by atoms with Crippen LogP contribution in [0.5, 0.6) is 5.88 Å². The van der Waals surface area contributed by atoms with Gasteiger partial charge in [0.2, 0.25) is 5.88 Å². The summed E-state index contributed by atoms with van der Waals surface area (Å²) in [5.41, 5.74) is 5.52. The van der Waals surface area contributed by atoms with Gasteiger partial charge in [0.25, 0.3) is 0 Å². The Bertz CT molecular complexity index is 1110. The fourth-order valence-corrected chi connectivity index (χ4v) is 4.06. The molecule has 0 amide bonds. The number of pyridine rings is 2. The van der Waals surface area contributed by atoms with Gasteiger partial charge in [0.1, 0.15) is 0 Å². The minimum Gasteiger partial charge on any atom is -0.481 e. The molecule has 0 spiro atoms. The summed E-state index contributed by atoms with van der Waals surface area (Å²) < 4.78 is 5.62. The summed E-state index contributed by atoms with van der Waals surface area (Å²) >= 11 is 0. The second-order valence-corrected chi connectivity index (χ2v) is 7.02. The predicted octanol–water partition coefficient (Wildman–Crippen LogP) is 3.51. The van der Waals surface area contributed by atoms with Crippen LogP contribution in [-0.2, 0) is 13.0 Å². The summed E-state index contributed by atoms with van der Waals surface area (Å²) in [6.07, 6.45) is 6.42. The van der Waals surface area contributed by atoms with Gasteiger partial charge in [-0.2, -0.15) is 0 Å². The molecule has 4 heterocycles. The summed E-state index contributed by atoms with van der Waals surface area (Å²) in [4.78, 5) is 19.3. The zero-order valence-corrected chi connectivity index (χ0v) is 15.7. The molecule has 1 N–H and O–H groups in total. The van der Waals surface area contributed by atoms with Crippen molar-refractivity contribution in [1.29, 1.82) is 0 Å². The molecule has 1 aromatic carbocycles. The fourth-order valence-electron chi connectivity index (χ4n) is 4.06. The van der Waals surface area contributed by atoms with Crippen LogP contribution in [0.25, 0.3) is 10.9 Å². The van der Waals surface area contributed by atoms with Crippen LogP contribution >= 0.6 is 0 Å². The van der Waals surface area contributed by atoms with E-state index in [9.17, 15) is 0 Å². The number of nitrogens with zero attached hydrogens (tertiary/aromatic N) is 4. The lowest BCUT2D eigenvalue weighted by Crippen LogP contribution is -2.36. The van der Waals surface area contributed by atoms with E-state index < -0.39 is 0 Å². The Morgan fingerprint density at radius 3 is 2.89 bits per heavy atom. The van der Waals surface area contributed by atoms with E-state index in [1.54, 1.807) is 13.4 Å². The number of nitrogens with one attached hydrogen (secondary N) is 1. The molecule has 0 fully saturated rings. The Labute approximate surface area is 163 Å². The van der Waals surface area contributed by atoms with E-state index in [0.717, 1.165) is 41.7 Å². The molecule has 5 rings (SSSR count). The third-order valence-electron chi connectivity index (χ3n) is 5.38. The zero-order chi connectivity index (χ0) is 18.9. The molecule has 1 aliphatic rings. The summed E-state index contributed by atoms with van der Waals surface area (Å²) in [7, 11) is 1.68. The van der Waals surface area contributed by atoms with E-state index in [-0.39, 0.29) is 6.04 Å². The van der Waals surface area contributed by atoms with Crippen molar-refractivity contribution in [2.24, 2.45) is 0 Å². The Morgan fingerprint density at radius 1 is 1.18 bits per heavy atom. The van der Waals surface area contributed by atoms with Crippen LogP contribution in [-0.4, -0.2) is 38.5 Å². The molecule has 1 atom stereocenters. The van der Waals surface area contributed by atoms with Crippen molar-refractivity contribution in [1.82, 2.24) is 24.8 Å². The minimum atomic E-state index is 0.0779. The van der Waals surface area contributed by atoms with Crippen molar-refractivity contribution in [3.63, 3.8) is 0 Å². The topological polar surface area (TPSA) is 66.9 Å². The predicted molar refractivity (Wildman–Crippen MR) is 107 cm³/mol. The Kier molecular flexibility index (Phi) is 4.25. The van der Waals surface area contributed by atoms with Gasteiger partial charge in [0, 0.05) is 48.5 Å². The normalized spacial score (nSPS) is 16.8. The van der Waals surface area contributed by atoms with Gasteiger partial charge in [-0.1, -0.05) is 18.2 Å². The van der Waals surface area contributed by atoms with Crippen LogP contribution in [0, 0.1) is 0 Å². The minimum absolute atomic E-state index is 0.0779. The largest absolute Gasteiger partial charge is 0.481 e. The van der Waals surface area contributed by atoms with Crippen molar-refractivity contribution >= 4 is 10.9 Å². The van der Waals surface area contributed by atoms with E-state index in [1.807, 2.05) is 30.6 Å². The number of rotatable bonds is 4. The number of hydrogen-bond acceptors (Lipinski definition) is 5. The highest BCUT2D eigenvalue weighted by Gasteiger charge is 2.31. The smallest absolute Gasteiger partial charge is 0.218 e. The molecule has 0 saturated carbocycles. The van der Waals surface area contributed by atoms with Gasteiger partial charge in [0.05, 0.1) is 30.7 Å². The first kappa shape index (κ1) is 16.9. The molecule has 6 nitrogen and oxygen atoms in total. The number of aromatic amines is 1. The Morgan fingerprint density at radius 2 is 2.04 bits per heavy atom. The number of fused-ring (bicyclic) bond motifs is 2. The number of aromatic nitrogens is 4. The quantitative estimate of drug-likeness (QED) is 0.595. The molecule has 4 aromatic rings. The van der Waals surface area contributed by atoms with Crippen LogP contribution < -0.4 is 4.74 Å². The number of methoxy groups -OCH3 is 1. The van der Waals surface area contributed by atoms with Gasteiger partial charge >= 0.3 is 0 Å². The number of para-hydroxylation sites is 1. The Balaban J connectivity index is 1.56. The lowest BCUT2D eigenvalue weighted by Gasteiger charge is -2.35. The van der Waals surface area contributed by atoms with Gasteiger partial charge < -0.3 is 9.72 Å². The first-order valence-electron chi connectivity index (χ1n) is 9.42. The van der Waals surface area contributed by atoms with E-state index in [4.69, 9.17) is 9.72 Å². The Hall–Kier alpha value is -3.25. The number of ether oxygens (including phenoxy) is 1. The van der Waals surface area contributed by atoms with Gasteiger partial charge in [0.15, 0.2) is 0 Å². The van der Waals surface area contributed by atoms with Gasteiger partial charge in [-0.25, -0.2) is 9.97 Å². The lowest BCUT2D eigenvalue weighted by atomic mass is 9.95. The molecule has 0 radical (unpaired) electrons. The maximum absolute atomic E-state index is 5.62. The van der Waals surface area contributed by atoms with Crippen molar-refractivity contribution in [2.45, 2.75) is 19.0 Å². The lowest BCUT2D eigenvalue weighted by molar-refractivity contribution is 0.197. The van der Waals surface area contributed by atoms with E-state index in [1.165, 1.54) is 11.3 Å². The third-order valence-corrected chi connectivity index (χ3v) is 5.38. The van der Waals surface area contributed by atoms with Gasteiger partial charge in [-0.3, -0.25) is 9.88 Å². The van der Waals surface area contributed by atoms with Crippen LogP contribution in [0.1, 0.15) is 28.6 Å². The maximum Gasteiger partial charge on any atom is 0.218 e. The molecule has 0 aliphatic carbocycles. The summed E-state index contributed by atoms with van der Waals surface area (Å²) in [6, 6.07) is 14.5. The number of hydrogen-bond donors (Lipinski definition) is 1. The maximum atomic E-state index is 5.62. The molecule has 140 valence electrons. The van der Waals surface area contributed by atoms with Crippen LogP contribution in [0.2, 0.25) is 0 Å². The molecular formula is C22H21N5O. The zero-order valence-electron chi connectivity index (χ0n) is 15.7. The van der Waals surface area contributed by atoms with Crippen LogP contribution in [0.15, 0.2) is 61.2 Å². The summed E-state index contributed by atoms with van der Waals surface area (Å²) in [5, 5.41) is 1.12. The molecule has 1 aliphatic heterocycles.